The van der Waals surface area contributed by atoms with E-state index in [1.807, 2.05) is 48.5 Å². The zero-order valence-corrected chi connectivity index (χ0v) is 20.7. The lowest BCUT2D eigenvalue weighted by molar-refractivity contribution is 0.733. The summed E-state index contributed by atoms with van der Waals surface area (Å²) in [6.45, 7) is 0. The second-order valence-electron chi connectivity index (χ2n) is 9.59. The fourth-order valence-electron chi connectivity index (χ4n) is 5.49. The van der Waals surface area contributed by atoms with Crippen LogP contribution in [-0.2, 0) is 0 Å². The molecule has 40 heavy (non-hydrogen) atoms. The Hall–Kier alpha value is -5.78. The van der Waals surface area contributed by atoms with Crippen molar-refractivity contribution in [3.8, 4) is 0 Å². The molecule has 8 bridgehead atoms. The van der Waals surface area contributed by atoms with E-state index in [1.54, 1.807) is 24.8 Å². The lowest BCUT2D eigenvalue weighted by Crippen LogP contribution is -2.31. The number of hydrogen-bond donors (Lipinski definition) is 4. The summed E-state index contributed by atoms with van der Waals surface area (Å²) in [6, 6.07) is 15.5. The molecule has 3 aliphatic rings. The molecule has 12 heteroatoms. The molecule has 6 aromatic rings. The Balaban J connectivity index is 1.36. The Morgan fingerprint density at radius 1 is 0.650 bits per heavy atom. The zero-order valence-electron chi connectivity index (χ0n) is 20.7. The first-order chi connectivity index (χ1) is 19.8. The van der Waals surface area contributed by atoms with Gasteiger partial charge in [0.2, 0.25) is 0 Å². The Labute approximate surface area is 224 Å². The van der Waals surface area contributed by atoms with Gasteiger partial charge in [-0.3, -0.25) is 19.9 Å². The van der Waals surface area contributed by atoms with Gasteiger partial charge in [0.1, 0.15) is 39.7 Å². The average Bonchev–Trinajstić information content (AvgIpc) is 3.73. The maximum Gasteiger partial charge on any atom is 0.187 e. The largest absolute Gasteiger partial charge is 0.344 e. The maximum atomic E-state index is 5.00. The molecule has 6 aromatic heterocycles. The number of fused-ring (bicyclic) bond motifs is 18. The summed E-state index contributed by atoms with van der Waals surface area (Å²) in [5.41, 5.74) is 5.95. The normalized spacial score (nSPS) is 18.6. The van der Waals surface area contributed by atoms with Crippen LogP contribution in [0, 0.1) is 0 Å². The van der Waals surface area contributed by atoms with E-state index in [9.17, 15) is 0 Å². The summed E-state index contributed by atoms with van der Waals surface area (Å²) in [5, 5.41) is 8.67. The minimum Gasteiger partial charge on any atom is -0.344 e. The van der Waals surface area contributed by atoms with E-state index in [2.05, 4.69) is 40.5 Å². The molecule has 0 aliphatic carbocycles. The highest BCUT2D eigenvalue weighted by Crippen LogP contribution is 2.35. The van der Waals surface area contributed by atoms with E-state index in [0.717, 1.165) is 38.8 Å². The van der Waals surface area contributed by atoms with Gasteiger partial charge in [0.05, 0.1) is 5.69 Å². The van der Waals surface area contributed by atoms with Crippen LogP contribution in [0.1, 0.15) is 34.8 Å². The Morgan fingerprint density at radius 3 is 2.40 bits per heavy atom. The number of rotatable bonds is 0. The number of hydrogen-bond acceptors (Lipinski definition) is 10. The van der Waals surface area contributed by atoms with E-state index in [0.29, 0.717) is 39.8 Å². The fourth-order valence-corrected chi connectivity index (χ4v) is 5.49. The molecule has 0 aromatic carbocycles. The Kier molecular flexibility index (Phi) is 4.17. The number of anilines is 1. The molecular weight excluding hydrogens is 504 g/mol. The average molecular weight is 523 g/mol. The molecule has 0 amide bonds. The number of H-pyrrole nitrogens is 2. The second-order valence-corrected chi connectivity index (χ2v) is 9.59. The quantitative estimate of drug-likeness (QED) is 0.240. The number of aromatic nitrogens is 6. The van der Waals surface area contributed by atoms with Crippen molar-refractivity contribution in [3.63, 3.8) is 0 Å². The van der Waals surface area contributed by atoms with E-state index in [1.165, 1.54) is 0 Å². The summed E-state index contributed by atoms with van der Waals surface area (Å²) in [7, 11) is 0. The Bertz CT molecular complexity index is 2210. The number of aliphatic imine (C=N–C) groups is 2. The monoisotopic (exact) mass is 522 g/mol. The molecule has 0 fully saturated rings. The van der Waals surface area contributed by atoms with Gasteiger partial charge in [-0.15, -0.1) is 0 Å². The van der Waals surface area contributed by atoms with Gasteiger partial charge in [-0.1, -0.05) is 6.07 Å². The van der Waals surface area contributed by atoms with Crippen molar-refractivity contribution in [1.82, 2.24) is 35.2 Å². The lowest BCUT2D eigenvalue weighted by Gasteiger charge is -2.11. The molecule has 0 saturated carbocycles. The van der Waals surface area contributed by atoms with Crippen molar-refractivity contribution in [2.75, 3.05) is 5.32 Å². The maximum absolute atomic E-state index is 5.00. The summed E-state index contributed by atoms with van der Waals surface area (Å²) in [4.78, 5) is 45.2. The van der Waals surface area contributed by atoms with Crippen LogP contribution in [0.2, 0.25) is 0 Å². The van der Waals surface area contributed by atoms with Crippen LogP contribution in [-0.4, -0.2) is 41.6 Å². The number of nitrogens with one attached hydrogen (secondary N) is 4. The van der Waals surface area contributed by atoms with Gasteiger partial charge in [0.15, 0.2) is 23.7 Å². The first-order valence-electron chi connectivity index (χ1n) is 12.8. The molecule has 0 saturated heterocycles. The smallest absolute Gasteiger partial charge is 0.187 e. The topological polar surface area (TPSA) is 157 Å². The standard InChI is InChI=1S/C28H18N12/c1-5-13-17(29-9-1)25-33-21(13)37-26-18-14(6-2-10-30-18)23(34-26)39-28-20-16(8-4-12-32-20)24(36-28)40-27-19-15(7-3-11-31-19)22(35-27)38-25/h1-12,21,27,34,37H,(H,33,35,38)(H,36,39,40). The van der Waals surface area contributed by atoms with Crippen LogP contribution in [0.3, 0.4) is 0 Å². The third-order valence-electron chi connectivity index (χ3n) is 7.27. The second kappa shape index (κ2) is 7.86. The van der Waals surface area contributed by atoms with Crippen molar-refractivity contribution in [2.24, 2.45) is 20.0 Å². The third-order valence-corrected chi connectivity index (χ3v) is 7.27. The van der Waals surface area contributed by atoms with Crippen molar-refractivity contribution < 1.29 is 0 Å². The van der Waals surface area contributed by atoms with Crippen molar-refractivity contribution in [3.05, 3.63) is 107 Å². The number of nitrogens with zero attached hydrogens (tertiary/aromatic N) is 8. The highest BCUT2D eigenvalue weighted by molar-refractivity contribution is 6.17. The van der Waals surface area contributed by atoms with E-state index >= 15 is 0 Å². The highest BCUT2D eigenvalue weighted by atomic mass is 15.2. The first-order valence-corrected chi connectivity index (χ1v) is 12.8. The summed E-state index contributed by atoms with van der Waals surface area (Å²) < 4.78 is 0. The van der Waals surface area contributed by atoms with Crippen molar-refractivity contribution in [1.29, 1.82) is 0 Å². The molecule has 3 aliphatic heterocycles. The molecule has 0 spiro atoms. The van der Waals surface area contributed by atoms with E-state index < -0.39 is 12.3 Å². The zero-order chi connectivity index (χ0) is 26.2. The Morgan fingerprint density at radius 2 is 1.45 bits per heavy atom. The van der Waals surface area contributed by atoms with Gasteiger partial charge >= 0.3 is 0 Å². The lowest BCUT2D eigenvalue weighted by atomic mass is 10.1. The summed E-state index contributed by atoms with van der Waals surface area (Å²) in [6.07, 6.45) is 6.04. The van der Waals surface area contributed by atoms with Gasteiger partial charge < -0.3 is 20.6 Å². The molecule has 190 valence electrons. The predicted molar refractivity (Wildman–Crippen MR) is 148 cm³/mol. The fraction of sp³-hybridized carbons (Fsp3) is 0.0714. The molecular formula is C28H18N12. The number of amidine groups is 2. The van der Waals surface area contributed by atoms with Crippen molar-refractivity contribution >= 4 is 45.1 Å². The molecule has 2 unspecified atom stereocenters. The first kappa shape index (κ1) is 21.2. The van der Waals surface area contributed by atoms with E-state index in [4.69, 9.17) is 20.0 Å². The van der Waals surface area contributed by atoms with Gasteiger partial charge in [0, 0.05) is 46.7 Å². The van der Waals surface area contributed by atoms with Crippen molar-refractivity contribution in [2.45, 2.75) is 12.3 Å². The molecule has 0 radical (unpaired) electrons. The third kappa shape index (κ3) is 3.01. The SMILES string of the molecule is c1cnc2c(c1)C1=NC2N=c2[nH]c(c3ncccc23)=Nc2[nH]c(c3ncccc23)NC2N=C(N1)c1ncccc12. The summed E-state index contributed by atoms with van der Waals surface area (Å²) in [5.74, 6) is 2.58. The van der Waals surface area contributed by atoms with Gasteiger partial charge in [-0.2, -0.15) is 0 Å². The minimum atomic E-state index is -0.567. The molecule has 12 nitrogen and oxygen atoms in total. The van der Waals surface area contributed by atoms with Crippen LogP contribution < -0.4 is 21.6 Å². The van der Waals surface area contributed by atoms with Gasteiger partial charge in [0.25, 0.3) is 0 Å². The van der Waals surface area contributed by atoms with Crippen LogP contribution in [0.5, 0.6) is 0 Å². The molecule has 2 atom stereocenters. The summed E-state index contributed by atoms with van der Waals surface area (Å²) >= 11 is 0. The number of pyridine rings is 4. The van der Waals surface area contributed by atoms with Crippen LogP contribution in [0.4, 0.5) is 11.6 Å². The predicted octanol–water partition coefficient (Wildman–Crippen LogP) is 2.73. The van der Waals surface area contributed by atoms with Gasteiger partial charge in [-0.05, 0) is 42.5 Å². The van der Waals surface area contributed by atoms with Crippen LogP contribution >= 0.6 is 0 Å². The number of aromatic amines is 2. The van der Waals surface area contributed by atoms with E-state index in [-0.39, 0.29) is 0 Å². The molecule has 9 heterocycles. The van der Waals surface area contributed by atoms with Crippen LogP contribution in [0.15, 0.2) is 93.3 Å². The molecule has 4 N–H and O–H groups in total. The van der Waals surface area contributed by atoms with Gasteiger partial charge in [-0.25, -0.2) is 20.0 Å². The minimum absolute atomic E-state index is 0.411. The highest BCUT2D eigenvalue weighted by Gasteiger charge is 2.32. The molecule has 9 rings (SSSR count). The van der Waals surface area contributed by atoms with Crippen LogP contribution in [0.25, 0.3) is 21.8 Å².